The molecule has 1 heterocycles. The highest BCUT2D eigenvalue weighted by Crippen LogP contribution is 2.15. The highest BCUT2D eigenvalue weighted by atomic mass is 16.2. The second kappa shape index (κ2) is 7.14. The molecule has 5 heteroatoms. The number of hydrogen-bond acceptors (Lipinski definition) is 2. The number of urea groups is 1. The van der Waals surface area contributed by atoms with Gasteiger partial charge in [0.15, 0.2) is 0 Å². The summed E-state index contributed by atoms with van der Waals surface area (Å²) in [6.07, 6.45) is 4.13. The summed E-state index contributed by atoms with van der Waals surface area (Å²) < 4.78 is 0. The number of likely N-dealkylation sites (tertiary alicyclic amines) is 1. The Balaban J connectivity index is 2.06. The van der Waals surface area contributed by atoms with Crippen molar-refractivity contribution in [3.63, 3.8) is 0 Å². The lowest BCUT2D eigenvalue weighted by molar-refractivity contribution is -0.118. The highest BCUT2D eigenvalue weighted by molar-refractivity contribution is 5.74. The standard InChI is InChI=1S/C12H23N3O2/c1-10-5-8-15(9-6-10)12(17)14-7-3-2-4-11(13)16/h10H,2-9H2,1H3,(H2,13,16)(H,14,17). The number of hydrogen-bond donors (Lipinski definition) is 2. The van der Waals surface area contributed by atoms with E-state index in [0.717, 1.165) is 44.7 Å². The first-order valence-corrected chi connectivity index (χ1v) is 6.40. The van der Waals surface area contributed by atoms with Crippen LogP contribution in [-0.2, 0) is 4.79 Å². The van der Waals surface area contributed by atoms with Gasteiger partial charge in [-0.2, -0.15) is 0 Å². The fourth-order valence-corrected chi connectivity index (χ4v) is 1.94. The molecule has 1 aliphatic heterocycles. The average molecular weight is 241 g/mol. The Morgan fingerprint density at radius 1 is 1.29 bits per heavy atom. The van der Waals surface area contributed by atoms with Crippen molar-refractivity contribution < 1.29 is 9.59 Å². The predicted octanol–water partition coefficient (Wildman–Crippen LogP) is 1.08. The lowest BCUT2D eigenvalue weighted by Gasteiger charge is -2.30. The number of rotatable bonds is 5. The van der Waals surface area contributed by atoms with E-state index in [4.69, 9.17) is 5.73 Å². The number of nitrogens with two attached hydrogens (primary N) is 1. The first kappa shape index (κ1) is 13.8. The van der Waals surface area contributed by atoms with E-state index in [1.807, 2.05) is 4.90 Å². The van der Waals surface area contributed by atoms with Gasteiger partial charge in [-0.25, -0.2) is 4.79 Å². The Bertz CT molecular complexity index is 260. The lowest BCUT2D eigenvalue weighted by Crippen LogP contribution is -2.44. The molecule has 0 saturated carbocycles. The molecule has 5 nitrogen and oxygen atoms in total. The Hall–Kier alpha value is -1.26. The number of carbonyl (C=O) groups excluding carboxylic acids is 2. The summed E-state index contributed by atoms with van der Waals surface area (Å²) >= 11 is 0. The van der Waals surface area contributed by atoms with Gasteiger partial charge >= 0.3 is 6.03 Å². The maximum atomic E-state index is 11.7. The van der Waals surface area contributed by atoms with Crippen LogP contribution in [0.5, 0.6) is 0 Å². The van der Waals surface area contributed by atoms with Crippen molar-refractivity contribution in [3.8, 4) is 0 Å². The molecule has 17 heavy (non-hydrogen) atoms. The summed E-state index contributed by atoms with van der Waals surface area (Å²) in [5.74, 6) is 0.455. The van der Waals surface area contributed by atoms with E-state index >= 15 is 0 Å². The Morgan fingerprint density at radius 2 is 1.94 bits per heavy atom. The van der Waals surface area contributed by atoms with Crippen LogP contribution in [0.4, 0.5) is 4.79 Å². The molecule has 0 bridgehead atoms. The largest absolute Gasteiger partial charge is 0.370 e. The molecule has 0 aromatic heterocycles. The third-order valence-corrected chi connectivity index (χ3v) is 3.20. The lowest BCUT2D eigenvalue weighted by atomic mass is 10.00. The molecule has 0 atom stereocenters. The summed E-state index contributed by atoms with van der Waals surface area (Å²) in [7, 11) is 0. The van der Waals surface area contributed by atoms with Gasteiger partial charge in [-0.15, -0.1) is 0 Å². The smallest absolute Gasteiger partial charge is 0.317 e. The number of nitrogens with zero attached hydrogens (tertiary/aromatic N) is 1. The van der Waals surface area contributed by atoms with E-state index in [2.05, 4.69) is 12.2 Å². The van der Waals surface area contributed by atoms with Crippen LogP contribution in [0.15, 0.2) is 0 Å². The molecule has 0 aromatic carbocycles. The number of carbonyl (C=O) groups is 2. The first-order chi connectivity index (χ1) is 8.09. The van der Waals surface area contributed by atoms with Crippen LogP contribution < -0.4 is 11.1 Å². The van der Waals surface area contributed by atoms with Gasteiger partial charge in [0.05, 0.1) is 0 Å². The number of unbranched alkanes of at least 4 members (excludes halogenated alkanes) is 1. The highest BCUT2D eigenvalue weighted by Gasteiger charge is 2.19. The van der Waals surface area contributed by atoms with E-state index in [1.54, 1.807) is 0 Å². The topological polar surface area (TPSA) is 75.4 Å². The molecule has 98 valence electrons. The van der Waals surface area contributed by atoms with Crippen LogP contribution >= 0.6 is 0 Å². The fourth-order valence-electron chi connectivity index (χ4n) is 1.94. The number of piperidine rings is 1. The Morgan fingerprint density at radius 3 is 2.53 bits per heavy atom. The van der Waals surface area contributed by atoms with Gasteiger partial charge < -0.3 is 16.0 Å². The maximum absolute atomic E-state index is 11.7. The zero-order chi connectivity index (χ0) is 12.7. The number of amides is 3. The van der Waals surface area contributed by atoms with Crippen LogP contribution in [0.1, 0.15) is 39.0 Å². The molecule has 0 radical (unpaired) electrons. The molecule has 1 fully saturated rings. The van der Waals surface area contributed by atoms with Gasteiger partial charge in [-0.3, -0.25) is 4.79 Å². The molecule has 1 rings (SSSR count). The molecule has 3 amide bonds. The first-order valence-electron chi connectivity index (χ1n) is 6.40. The number of primary amides is 1. The summed E-state index contributed by atoms with van der Waals surface area (Å²) in [4.78, 5) is 24.1. The minimum absolute atomic E-state index is 0.0241. The predicted molar refractivity (Wildman–Crippen MR) is 66.4 cm³/mol. The zero-order valence-electron chi connectivity index (χ0n) is 10.6. The molecule has 0 aromatic rings. The van der Waals surface area contributed by atoms with Gasteiger partial charge in [0, 0.05) is 26.1 Å². The summed E-state index contributed by atoms with van der Waals surface area (Å²) in [5, 5.41) is 2.88. The van der Waals surface area contributed by atoms with Crippen molar-refractivity contribution in [2.45, 2.75) is 39.0 Å². The van der Waals surface area contributed by atoms with Crippen molar-refractivity contribution in [1.29, 1.82) is 0 Å². The van der Waals surface area contributed by atoms with Gasteiger partial charge in [0.1, 0.15) is 0 Å². The van der Waals surface area contributed by atoms with Gasteiger partial charge in [0.25, 0.3) is 0 Å². The molecule has 0 aliphatic carbocycles. The van der Waals surface area contributed by atoms with Gasteiger partial charge in [-0.1, -0.05) is 6.92 Å². The van der Waals surface area contributed by atoms with Crippen molar-refractivity contribution in [2.75, 3.05) is 19.6 Å². The fraction of sp³-hybridized carbons (Fsp3) is 0.833. The molecular weight excluding hydrogens is 218 g/mol. The van der Waals surface area contributed by atoms with Crippen molar-refractivity contribution in [1.82, 2.24) is 10.2 Å². The monoisotopic (exact) mass is 241 g/mol. The Kier molecular flexibility index (Phi) is 5.80. The summed E-state index contributed by atoms with van der Waals surface area (Å²) in [6, 6.07) is 0.0241. The van der Waals surface area contributed by atoms with Crippen molar-refractivity contribution in [2.24, 2.45) is 11.7 Å². The Labute approximate surface area is 103 Å². The van der Waals surface area contributed by atoms with E-state index in [9.17, 15) is 9.59 Å². The summed E-state index contributed by atoms with van der Waals surface area (Å²) in [6.45, 7) is 4.56. The van der Waals surface area contributed by atoms with E-state index in [0.29, 0.717) is 13.0 Å². The molecule has 1 aliphatic rings. The number of nitrogens with one attached hydrogen (secondary N) is 1. The second-order valence-corrected chi connectivity index (χ2v) is 4.82. The molecule has 3 N–H and O–H groups in total. The average Bonchev–Trinajstić information content (AvgIpc) is 2.29. The molecule has 1 saturated heterocycles. The second-order valence-electron chi connectivity index (χ2n) is 4.82. The molecule has 0 spiro atoms. The minimum atomic E-state index is -0.277. The van der Waals surface area contributed by atoms with E-state index in [1.165, 1.54) is 0 Å². The molecule has 0 unspecified atom stereocenters. The SMILES string of the molecule is CC1CCN(C(=O)NCCCCC(N)=O)CC1. The quantitative estimate of drug-likeness (QED) is 0.707. The van der Waals surface area contributed by atoms with Crippen LogP contribution in [0, 0.1) is 5.92 Å². The normalized spacial score (nSPS) is 16.9. The van der Waals surface area contributed by atoms with E-state index < -0.39 is 0 Å². The van der Waals surface area contributed by atoms with Crippen molar-refractivity contribution >= 4 is 11.9 Å². The van der Waals surface area contributed by atoms with Crippen LogP contribution in [-0.4, -0.2) is 36.5 Å². The summed E-state index contributed by atoms with van der Waals surface area (Å²) in [5.41, 5.74) is 5.03. The molecular formula is C12H23N3O2. The van der Waals surface area contributed by atoms with Gasteiger partial charge in [0.2, 0.25) is 5.91 Å². The van der Waals surface area contributed by atoms with Crippen LogP contribution in [0.2, 0.25) is 0 Å². The van der Waals surface area contributed by atoms with Crippen molar-refractivity contribution in [3.05, 3.63) is 0 Å². The van der Waals surface area contributed by atoms with Gasteiger partial charge in [-0.05, 0) is 31.6 Å². The zero-order valence-corrected chi connectivity index (χ0v) is 10.6. The van der Waals surface area contributed by atoms with E-state index in [-0.39, 0.29) is 11.9 Å². The van der Waals surface area contributed by atoms with Crippen LogP contribution in [0.25, 0.3) is 0 Å². The third-order valence-electron chi connectivity index (χ3n) is 3.20. The minimum Gasteiger partial charge on any atom is -0.370 e. The third kappa shape index (κ3) is 5.56. The van der Waals surface area contributed by atoms with Crippen LogP contribution in [0.3, 0.4) is 0 Å². The maximum Gasteiger partial charge on any atom is 0.317 e.